The number of aromatic nitrogens is 3. The Kier molecular flexibility index (Phi) is 2.93. The summed E-state index contributed by atoms with van der Waals surface area (Å²) in [5.41, 5.74) is 0.546. The Bertz CT molecular complexity index is 578. The van der Waals surface area contributed by atoms with Crippen molar-refractivity contribution in [2.45, 2.75) is 0 Å². The minimum absolute atomic E-state index is 0.00880. The number of benzene rings is 1. The van der Waals surface area contributed by atoms with Crippen molar-refractivity contribution in [3.05, 3.63) is 34.2 Å². The molecule has 2 rings (SSSR count). The van der Waals surface area contributed by atoms with Crippen LogP contribution in [0.3, 0.4) is 0 Å². The molecule has 0 saturated heterocycles. The van der Waals surface area contributed by atoms with E-state index in [9.17, 15) is 9.18 Å². The van der Waals surface area contributed by atoms with Crippen LogP contribution in [0.4, 0.5) is 4.39 Å². The fourth-order valence-electron chi connectivity index (χ4n) is 1.46. The summed E-state index contributed by atoms with van der Waals surface area (Å²) in [6.07, 6.45) is 0. The van der Waals surface area contributed by atoms with Gasteiger partial charge in [-0.25, -0.2) is 13.9 Å². The number of halogens is 2. The molecule has 5 nitrogen and oxygen atoms in total. The molecule has 0 fully saturated rings. The van der Waals surface area contributed by atoms with Gasteiger partial charge < -0.3 is 5.11 Å². The summed E-state index contributed by atoms with van der Waals surface area (Å²) in [6, 6.07) is 3.57. The third-order valence-electron chi connectivity index (χ3n) is 2.25. The third kappa shape index (κ3) is 2.05. The van der Waals surface area contributed by atoms with E-state index in [0.29, 0.717) is 10.3 Å². The van der Waals surface area contributed by atoms with Crippen molar-refractivity contribution in [2.75, 3.05) is 0 Å². The fourth-order valence-corrected chi connectivity index (χ4v) is 2.00. The van der Waals surface area contributed by atoms with Crippen LogP contribution in [0.1, 0.15) is 10.4 Å². The maximum atomic E-state index is 13.7. The monoisotopic (exact) mass is 299 g/mol. The maximum Gasteiger partial charge on any atom is 0.335 e. The zero-order chi connectivity index (χ0) is 12.6. The molecule has 0 bridgehead atoms. The van der Waals surface area contributed by atoms with Gasteiger partial charge >= 0.3 is 5.97 Å². The highest BCUT2D eigenvalue weighted by Gasteiger charge is 2.16. The summed E-state index contributed by atoms with van der Waals surface area (Å²) in [7, 11) is 1.60. The number of nitrogens with zero attached hydrogens (tertiary/aromatic N) is 3. The summed E-state index contributed by atoms with van der Waals surface area (Å²) < 4.78 is 15.4. The van der Waals surface area contributed by atoms with Crippen LogP contribution in [0.15, 0.2) is 22.8 Å². The molecule has 0 radical (unpaired) electrons. The van der Waals surface area contributed by atoms with Crippen molar-refractivity contribution in [3.63, 3.8) is 0 Å². The summed E-state index contributed by atoms with van der Waals surface area (Å²) in [6.45, 7) is 0. The number of aryl methyl sites for hydroxylation is 1. The van der Waals surface area contributed by atoms with Gasteiger partial charge in [0.2, 0.25) is 0 Å². The van der Waals surface area contributed by atoms with Gasteiger partial charge in [0.25, 0.3) is 0 Å². The number of carboxylic acid groups (broad SMARTS) is 1. The molecule has 17 heavy (non-hydrogen) atoms. The Morgan fingerprint density at radius 1 is 1.53 bits per heavy atom. The summed E-state index contributed by atoms with van der Waals surface area (Å²) in [4.78, 5) is 10.8. The van der Waals surface area contributed by atoms with E-state index in [1.165, 1.54) is 16.8 Å². The number of hydrogen-bond acceptors (Lipinski definition) is 3. The molecular weight excluding hydrogens is 293 g/mol. The van der Waals surface area contributed by atoms with Crippen LogP contribution in [0.5, 0.6) is 0 Å². The molecule has 0 aliphatic heterocycles. The Balaban J connectivity index is 2.66. The van der Waals surface area contributed by atoms with Crippen molar-refractivity contribution >= 4 is 21.9 Å². The van der Waals surface area contributed by atoms with Gasteiger partial charge in [0.1, 0.15) is 11.5 Å². The first-order valence-corrected chi connectivity index (χ1v) is 5.38. The van der Waals surface area contributed by atoms with Gasteiger partial charge in [-0.15, -0.1) is 5.10 Å². The SMILES string of the molecule is Cn1nnc(Br)c1-c1cc(C(=O)O)ccc1F. The van der Waals surface area contributed by atoms with E-state index >= 15 is 0 Å². The van der Waals surface area contributed by atoms with E-state index in [4.69, 9.17) is 5.11 Å². The molecule has 1 heterocycles. The topological polar surface area (TPSA) is 68.0 Å². The molecule has 1 N–H and O–H groups in total. The molecule has 1 aromatic carbocycles. The first kappa shape index (κ1) is 11.7. The van der Waals surface area contributed by atoms with Crippen molar-refractivity contribution in [3.8, 4) is 11.3 Å². The first-order chi connectivity index (χ1) is 8.00. The molecule has 0 atom stereocenters. The second-order valence-electron chi connectivity index (χ2n) is 3.35. The number of hydrogen-bond donors (Lipinski definition) is 1. The lowest BCUT2D eigenvalue weighted by Gasteiger charge is -2.05. The summed E-state index contributed by atoms with van der Waals surface area (Å²) in [5, 5.41) is 16.3. The van der Waals surface area contributed by atoms with Gasteiger partial charge in [0.05, 0.1) is 5.56 Å². The van der Waals surface area contributed by atoms with Gasteiger partial charge in [-0.05, 0) is 34.1 Å². The van der Waals surface area contributed by atoms with Gasteiger partial charge in [0, 0.05) is 12.6 Å². The van der Waals surface area contributed by atoms with Crippen molar-refractivity contribution in [1.29, 1.82) is 0 Å². The molecule has 0 spiro atoms. The zero-order valence-electron chi connectivity index (χ0n) is 8.69. The molecule has 1 aromatic heterocycles. The second-order valence-corrected chi connectivity index (χ2v) is 4.10. The molecular formula is C10H7BrFN3O2. The standard InChI is InChI=1S/C10H7BrFN3O2/c1-15-8(9(11)13-14-15)6-4-5(10(16)17)2-3-7(6)12/h2-4H,1H3,(H,16,17). The fraction of sp³-hybridized carbons (Fsp3) is 0.100. The highest BCUT2D eigenvalue weighted by molar-refractivity contribution is 9.10. The maximum absolute atomic E-state index is 13.7. The van der Waals surface area contributed by atoms with Gasteiger partial charge in [-0.2, -0.15) is 0 Å². The van der Waals surface area contributed by atoms with Crippen molar-refractivity contribution in [2.24, 2.45) is 7.05 Å². The number of aromatic carboxylic acids is 1. The predicted octanol–water partition coefficient (Wildman–Crippen LogP) is 2.08. The Labute approximate surface area is 104 Å². The lowest BCUT2D eigenvalue weighted by atomic mass is 10.1. The second kappa shape index (κ2) is 4.25. The lowest BCUT2D eigenvalue weighted by molar-refractivity contribution is 0.0697. The van der Waals surface area contributed by atoms with Crippen LogP contribution in [0, 0.1) is 5.82 Å². The quantitative estimate of drug-likeness (QED) is 0.922. The average molecular weight is 300 g/mol. The minimum Gasteiger partial charge on any atom is -0.478 e. The third-order valence-corrected chi connectivity index (χ3v) is 2.79. The number of carbonyl (C=O) groups is 1. The van der Waals surface area contributed by atoms with E-state index in [0.717, 1.165) is 6.07 Å². The van der Waals surface area contributed by atoms with Gasteiger partial charge in [-0.1, -0.05) is 5.21 Å². The van der Waals surface area contributed by atoms with E-state index in [-0.39, 0.29) is 11.1 Å². The summed E-state index contributed by atoms with van der Waals surface area (Å²) in [5.74, 6) is -1.64. The minimum atomic E-state index is -1.11. The molecule has 7 heteroatoms. The normalized spacial score (nSPS) is 10.5. The number of rotatable bonds is 2. The average Bonchev–Trinajstić information content (AvgIpc) is 2.59. The van der Waals surface area contributed by atoms with Gasteiger partial charge in [0.15, 0.2) is 4.60 Å². The first-order valence-electron chi connectivity index (χ1n) is 4.59. The van der Waals surface area contributed by atoms with Crippen molar-refractivity contribution in [1.82, 2.24) is 15.0 Å². The number of carboxylic acids is 1. The Morgan fingerprint density at radius 3 is 2.76 bits per heavy atom. The van der Waals surface area contributed by atoms with Crippen LogP contribution in [-0.4, -0.2) is 26.1 Å². The Hall–Kier alpha value is -1.76. The highest BCUT2D eigenvalue weighted by Crippen LogP contribution is 2.28. The van der Waals surface area contributed by atoms with E-state index < -0.39 is 11.8 Å². The zero-order valence-corrected chi connectivity index (χ0v) is 10.3. The smallest absolute Gasteiger partial charge is 0.335 e. The molecule has 2 aromatic rings. The largest absolute Gasteiger partial charge is 0.478 e. The van der Waals surface area contributed by atoms with E-state index in [1.54, 1.807) is 7.05 Å². The molecule has 0 unspecified atom stereocenters. The van der Waals surface area contributed by atoms with Crippen molar-refractivity contribution < 1.29 is 14.3 Å². The molecule has 0 saturated carbocycles. The Morgan fingerprint density at radius 2 is 2.24 bits per heavy atom. The predicted molar refractivity (Wildman–Crippen MR) is 61.1 cm³/mol. The van der Waals surface area contributed by atoms with Crippen LogP contribution >= 0.6 is 15.9 Å². The molecule has 0 aliphatic carbocycles. The highest BCUT2D eigenvalue weighted by atomic mass is 79.9. The van der Waals surface area contributed by atoms with Crippen LogP contribution in [-0.2, 0) is 7.05 Å². The summed E-state index contributed by atoms with van der Waals surface area (Å²) >= 11 is 3.14. The van der Waals surface area contributed by atoms with E-state index in [1.807, 2.05) is 0 Å². The molecule has 0 amide bonds. The van der Waals surface area contributed by atoms with Crippen LogP contribution in [0.2, 0.25) is 0 Å². The van der Waals surface area contributed by atoms with Gasteiger partial charge in [-0.3, -0.25) is 0 Å². The molecule has 0 aliphatic rings. The lowest BCUT2D eigenvalue weighted by Crippen LogP contribution is -2.00. The van der Waals surface area contributed by atoms with Crippen LogP contribution in [0.25, 0.3) is 11.3 Å². The van der Waals surface area contributed by atoms with E-state index in [2.05, 4.69) is 26.2 Å². The molecule has 88 valence electrons. The van der Waals surface area contributed by atoms with Crippen LogP contribution < -0.4 is 0 Å².